The molecule has 6 heteroatoms. The summed E-state index contributed by atoms with van der Waals surface area (Å²) in [5.41, 5.74) is 4.27. The van der Waals surface area contributed by atoms with Gasteiger partial charge < -0.3 is 10.1 Å². The summed E-state index contributed by atoms with van der Waals surface area (Å²) in [5, 5.41) is 6.96. The number of rotatable bonds is 7. The van der Waals surface area contributed by atoms with Crippen LogP contribution in [0.1, 0.15) is 5.56 Å². The number of nitrogens with zero attached hydrogens (tertiary/aromatic N) is 1. The molecule has 0 saturated heterocycles. The Kier molecular flexibility index (Phi) is 6.50. The van der Waals surface area contributed by atoms with Gasteiger partial charge in [-0.2, -0.15) is 5.10 Å². The van der Waals surface area contributed by atoms with Gasteiger partial charge >= 0.3 is 0 Å². The highest BCUT2D eigenvalue weighted by Crippen LogP contribution is 2.15. The summed E-state index contributed by atoms with van der Waals surface area (Å²) in [4.78, 5) is 12.9. The fraction of sp³-hybridized carbons (Fsp3) is 0.176. The monoisotopic (exact) mass is 329 g/mol. The van der Waals surface area contributed by atoms with Gasteiger partial charge in [0.25, 0.3) is 5.91 Å². The SMILES string of the molecule is COc1ccc(NCC(=O)N/N=C/c2ccc(SC)cc2)cc1. The number of hydrazone groups is 1. The number of ether oxygens (including phenoxy) is 1. The molecule has 120 valence electrons. The third kappa shape index (κ3) is 5.67. The van der Waals surface area contributed by atoms with Crippen molar-refractivity contribution in [3.63, 3.8) is 0 Å². The number of thioether (sulfide) groups is 1. The number of carbonyl (C=O) groups excluding carboxylic acids is 1. The number of hydrogen-bond acceptors (Lipinski definition) is 5. The van der Waals surface area contributed by atoms with E-state index in [2.05, 4.69) is 15.8 Å². The second kappa shape index (κ2) is 8.85. The predicted molar refractivity (Wildman–Crippen MR) is 95.4 cm³/mol. The minimum Gasteiger partial charge on any atom is -0.497 e. The van der Waals surface area contributed by atoms with Crippen LogP contribution in [0.15, 0.2) is 58.5 Å². The highest BCUT2D eigenvalue weighted by Gasteiger charge is 1.99. The Balaban J connectivity index is 1.76. The molecule has 1 amide bonds. The molecule has 0 heterocycles. The molecule has 0 aromatic heterocycles. The Hall–Kier alpha value is -2.47. The van der Waals surface area contributed by atoms with E-state index in [0.717, 1.165) is 17.0 Å². The number of methoxy groups -OCH3 is 1. The summed E-state index contributed by atoms with van der Waals surface area (Å²) in [5.74, 6) is 0.565. The van der Waals surface area contributed by atoms with Gasteiger partial charge in [-0.15, -0.1) is 11.8 Å². The van der Waals surface area contributed by atoms with Crippen LogP contribution < -0.4 is 15.5 Å². The van der Waals surface area contributed by atoms with Gasteiger partial charge in [0.2, 0.25) is 0 Å². The van der Waals surface area contributed by atoms with Crippen LogP contribution >= 0.6 is 11.8 Å². The highest BCUT2D eigenvalue weighted by atomic mass is 32.2. The smallest absolute Gasteiger partial charge is 0.259 e. The predicted octanol–water partition coefficient (Wildman–Crippen LogP) is 2.98. The van der Waals surface area contributed by atoms with Gasteiger partial charge in [0.1, 0.15) is 5.75 Å². The molecule has 0 aliphatic rings. The lowest BCUT2D eigenvalue weighted by molar-refractivity contribution is -0.119. The van der Waals surface area contributed by atoms with Crippen molar-refractivity contribution in [2.75, 3.05) is 25.2 Å². The van der Waals surface area contributed by atoms with E-state index < -0.39 is 0 Å². The maximum atomic E-state index is 11.7. The third-order valence-electron chi connectivity index (χ3n) is 3.06. The zero-order chi connectivity index (χ0) is 16.5. The minimum atomic E-state index is -0.210. The average molecular weight is 329 g/mol. The van der Waals surface area contributed by atoms with E-state index in [1.165, 1.54) is 4.90 Å². The van der Waals surface area contributed by atoms with E-state index >= 15 is 0 Å². The van der Waals surface area contributed by atoms with Crippen LogP contribution in [-0.4, -0.2) is 32.0 Å². The number of amides is 1. The Morgan fingerprint density at radius 1 is 1.17 bits per heavy atom. The molecule has 2 aromatic rings. The molecule has 2 rings (SSSR count). The number of anilines is 1. The lowest BCUT2D eigenvalue weighted by Crippen LogP contribution is -2.25. The first-order valence-electron chi connectivity index (χ1n) is 7.05. The molecule has 0 atom stereocenters. The molecule has 0 fully saturated rings. The summed E-state index contributed by atoms with van der Waals surface area (Å²) < 4.78 is 5.08. The summed E-state index contributed by atoms with van der Waals surface area (Å²) in [7, 11) is 1.61. The fourth-order valence-corrected chi connectivity index (χ4v) is 2.21. The molecular formula is C17H19N3O2S. The summed E-state index contributed by atoms with van der Waals surface area (Å²) in [6, 6.07) is 15.3. The fourth-order valence-electron chi connectivity index (χ4n) is 1.80. The highest BCUT2D eigenvalue weighted by molar-refractivity contribution is 7.98. The number of hydrogen-bond donors (Lipinski definition) is 2. The maximum absolute atomic E-state index is 11.7. The van der Waals surface area contributed by atoms with Gasteiger partial charge in [0.05, 0.1) is 19.9 Å². The molecule has 23 heavy (non-hydrogen) atoms. The first-order chi connectivity index (χ1) is 11.2. The Labute approximate surface area is 140 Å². The molecule has 0 aliphatic heterocycles. The van der Waals surface area contributed by atoms with Crippen molar-refractivity contribution in [2.24, 2.45) is 5.10 Å². The first-order valence-corrected chi connectivity index (χ1v) is 8.27. The van der Waals surface area contributed by atoms with Crippen molar-refractivity contribution in [1.82, 2.24) is 5.43 Å². The molecule has 2 aromatic carbocycles. The third-order valence-corrected chi connectivity index (χ3v) is 3.81. The van der Waals surface area contributed by atoms with E-state index in [-0.39, 0.29) is 12.5 Å². The van der Waals surface area contributed by atoms with Crippen LogP contribution in [0.5, 0.6) is 5.75 Å². The Bertz CT molecular complexity index is 655. The maximum Gasteiger partial charge on any atom is 0.259 e. The average Bonchev–Trinajstić information content (AvgIpc) is 2.61. The zero-order valence-corrected chi connectivity index (χ0v) is 13.9. The van der Waals surface area contributed by atoms with Crippen LogP contribution in [0, 0.1) is 0 Å². The lowest BCUT2D eigenvalue weighted by atomic mass is 10.2. The van der Waals surface area contributed by atoms with Gasteiger partial charge in [-0.1, -0.05) is 12.1 Å². The van der Waals surface area contributed by atoms with Crippen molar-refractivity contribution in [1.29, 1.82) is 0 Å². The second-order valence-corrected chi connectivity index (χ2v) is 5.53. The van der Waals surface area contributed by atoms with E-state index in [1.807, 2.05) is 54.8 Å². The van der Waals surface area contributed by atoms with Crippen LogP contribution in [0.2, 0.25) is 0 Å². The molecule has 0 unspecified atom stereocenters. The van der Waals surface area contributed by atoms with E-state index in [9.17, 15) is 4.79 Å². The van der Waals surface area contributed by atoms with Gasteiger partial charge in [0, 0.05) is 10.6 Å². The van der Waals surface area contributed by atoms with Gasteiger partial charge in [-0.25, -0.2) is 5.43 Å². The van der Waals surface area contributed by atoms with Crippen molar-refractivity contribution in [2.45, 2.75) is 4.90 Å². The summed E-state index contributed by atoms with van der Waals surface area (Å²) in [6.45, 7) is 0.148. The second-order valence-electron chi connectivity index (χ2n) is 4.65. The Morgan fingerprint density at radius 2 is 1.87 bits per heavy atom. The van der Waals surface area contributed by atoms with E-state index in [0.29, 0.717) is 0 Å². The molecule has 0 spiro atoms. The summed E-state index contributed by atoms with van der Waals surface area (Å²) >= 11 is 1.68. The van der Waals surface area contributed by atoms with Crippen LogP contribution in [0.4, 0.5) is 5.69 Å². The molecule has 0 aliphatic carbocycles. The number of nitrogens with one attached hydrogen (secondary N) is 2. The van der Waals surface area contributed by atoms with Crippen LogP contribution in [-0.2, 0) is 4.79 Å². The van der Waals surface area contributed by atoms with E-state index in [4.69, 9.17) is 4.74 Å². The van der Waals surface area contributed by atoms with Crippen molar-refractivity contribution in [3.05, 3.63) is 54.1 Å². The molecule has 0 bridgehead atoms. The molecular weight excluding hydrogens is 310 g/mol. The van der Waals surface area contributed by atoms with E-state index in [1.54, 1.807) is 25.1 Å². The molecule has 0 saturated carbocycles. The zero-order valence-electron chi connectivity index (χ0n) is 13.1. The van der Waals surface area contributed by atoms with Gasteiger partial charge in [0.15, 0.2) is 0 Å². The van der Waals surface area contributed by atoms with Gasteiger partial charge in [-0.05, 0) is 48.2 Å². The lowest BCUT2D eigenvalue weighted by Gasteiger charge is -2.06. The summed E-state index contributed by atoms with van der Waals surface area (Å²) in [6.07, 6.45) is 3.65. The standard InChI is InChI=1S/C17H19N3O2S/c1-22-15-7-5-14(6-8-15)18-12-17(21)20-19-11-13-3-9-16(23-2)10-4-13/h3-11,18H,12H2,1-2H3,(H,20,21)/b19-11+. The van der Waals surface area contributed by atoms with Crippen molar-refractivity contribution >= 4 is 29.6 Å². The van der Waals surface area contributed by atoms with Crippen LogP contribution in [0.25, 0.3) is 0 Å². The normalized spacial score (nSPS) is 10.5. The van der Waals surface area contributed by atoms with Crippen molar-refractivity contribution < 1.29 is 9.53 Å². The Morgan fingerprint density at radius 3 is 2.48 bits per heavy atom. The number of carbonyl (C=O) groups is 1. The minimum absolute atomic E-state index is 0.148. The first kappa shape index (κ1) is 16.9. The largest absolute Gasteiger partial charge is 0.497 e. The molecule has 2 N–H and O–H groups in total. The van der Waals surface area contributed by atoms with Crippen molar-refractivity contribution in [3.8, 4) is 5.75 Å². The molecule has 5 nitrogen and oxygen atoms in total. The quantitative estimate of drug-likeness (QED) is 0.466. The molecule has 0 radical (unpaired) electrons. The topological polar surface area (TPSA) is 62.7 Å². The van der Waals surface area contributed by atoms with Crippen LogP contribution in [0.3, 0.4) is 0 Å². The number of benzene rings is 2. The van der Waals surface area contributed by atoms with Gasteiger partial charge in [-0.3, -0.25) is 4.79 Å².